The fourth-order valence-electron chi connectivity index (χ4n) is 15.5. The van der Waals surface area contributed by atoms with Crippen LogP contribution in [0.4, 0.5) is 0 Å². The SMILES string of the molecule is O=C(O)CC(=O)OC[C@H]1O[C@@H](OC2CC3C(O)CC(O)CC3OC2C2CC(O[C@@H]3O[C@H](CO)[C@@H](O)[C@H](O)[C@H]3O)C(O)C(O[C@@H]3O[C@H](COC(=O)C=CC4CCC(O[C@@H]5O[C@H](COC(=O)C=CC6CCC(O[C@@H]7O[C@H](CO)[C@@H](O)[C@H](O)[C@H]7O)CC6)[C@@H](O)[C@H](O)[C@H]5O)CC4)[C@@H](O)[C@H](O)[C@H]3O)C2)[C@H](O)[C@@H](O)[C@@H]1O. The molecule has 0 bridgehead atoms. The van der Waals surface area contributed by atoms with Gasteiger partial charge in [0.25, 0.3) is 0 Å². The summed E-state index contributed by atoms with van der Waals surface area (Å²) in [5, 5.41) is 225. The van der Waals surface area contributed by atoms with Gasteiger partial charge in [-0.2, -0.15) is 0 Å². The van der Waals surface area contributed by atoms with Crippen molar-refractivity contribution in [2.45, 2.75) is 304 Å². The first-order chi connectivity index (χ1) is 49.9. The number of allylic oxidation sites excluding steroid dienone is 2. The standard InChI is InChI=1S/C66H102O39/c67-19-36-46(77)51(82)56(87)62(101-36)95-28-7-1-24(2-8-28)5-11-42(73)92-21-38-48(79)53(84)57(88)63(103-38)96-29-9-3-25(4-10-29)6-12-43(74)93-22-39-49(80)54(85)59(90)65(104-39)99-34-14-26(13-33(45(34)76)98-64-58(89)52(83)47(78)37(20-68)102-64)61-35(17-30-31(70)15-27(69)16-32(30)97-61)100-66-60(91)55(86)50(81)40(105-66)23-94-44(75)18-41(71)72/h5-6,11-12,24-40,45-70,76-91H,1-4,7-10,13-23H2,(H,71,72)/t24?,25?,26?,27?,28?,29?,30?,31?,32?,33?,34?,35?,36-,37-,38-,39-,40-,45?,46-,47-,48-,49-,50-,51+,52+,53+,54+,55+,56-,57-,58-,59-,60-,61?,62-,63-,64-,65-,66-/m1/s1. The van der Waals surface area contributed by atoms with Crippen molar-refractivity contribution in [1.82, 2.24) is 0 Å². The first-order valence-corrected chi connectivity index (χ1v) is 35.7. The van der Waals surface area contributed by atoms with Gasteiger partial charge in [0.15, 0.2) is 31.5 Å². The number of aliphatic hydroxyl groups is 20. The van der Waals surface area contributed by atoms with Crippen LogP contribution in [0.15, 0.2) is 24.3 Å². The van der Waals surface area contributed by atoms with E-state index >= 15 is 0 Å². The van der Waals surface area contributed by atoms with E-state index in [0.29, 0.717) is 51.4 Å². The van der Waals surface area contributed by atoms with Crippen molar-refractivity contribution in [2.24, 2.45) is 23.7 Å². The van der Waals surface area contributed by atoms with Crippen molar-refractivity contribution in [3.63, 3.8) is 0 Å². The number of rotatable bonds is 25. The lowest BCUT2D eigenvalue weighted by Gasteiger charge is -2.52. The number of hydrogen-bond acceptors (Lipinski definition) is 38. The molecule has 0 spiro atoms. The molecule has 10 aliphatic rings. The topological polar surface area (TPSA) is 622 Å². The minimum absolute atomic E-state index is 0.0195. The van der Waals surface area contributed by atoms with Crippen LogP contribution in [-0.4, -0.2) is 379 Å². The molecule has 6 saturated heterocycles. The second-order valence-electron chi connectivity index (χ2n) is 29.0. The van der Waals surface area contributed by atoms with Crippen molar-refractivity contribution in [1.29, 1.82) is 0 Å². The number of aliphatic carboxylic acids is 1. The summed E-state index contributed by atoms with van der Waals surface area (Å²) in [6.45, 7) is -3.58. The number of aliphatic hydroxyl groups excluding tert-OH is 20. The molecule has 0 aromatic rings. The Bertz CT molecular complexity index is 2820. The summed E-state index contributed by atoms with van der Waals surface area (Å²) in [6, 6.07) is 0. The Hall–Kier alpha value is -3.88. The molecule has 10 fully saturated rings. The van der Waals surface area contributed by atoms with Gasteiger partial charge in [0.05, 0.1) is 68.1 Å². The van der Waals surface area contributed by atoms with Crippen LogP contribution in [0.1, 0.15) is 89.9 Å². The molecule has 600 valence electrons. The van der Waals surface area contributed by atoms with Gasteiger partial charge in [0.1, 0.15) is 154 Å². The van der Waals surface area contributed by atoms with E-state index in [-0.39, 0.29) is 50.0 Å². The highest BCUT2D eigenvalue weighted by Gasteiger charge is 2.57. The molecular weight excluding hydrogens is 1420 g/mol. The van der Waals surface area contributed by atoms with Crippen LogP contribution in [0.2, 0.25) is 0 Å². The molecule has 0 amide bonds. The van der Waals surface area contributed by atoms with Gasteiger partial charge in [-0.15, -0.1) is 0 Å². The van der Waals surface area contributed by atoms with Crippen molar-refractivity contribution >= 4 is 23.9 Å². The highest BCUT2D eigenvalue weighted by molar-refractivity contribution is 5.90. The molecule has 6 heterocycles. The first kappa shape index (κ1) is 83.6. The van der Waals surface area contributed by atoms with E-state index in [1.165, 1.54) is 6.08 Å². The Kier molecular flexibility index (Phi) is 29.8. The summed E-state index contributed by atoms with van der Waals surface area (Å²) in [7, 11) is 0. The predicted molar refractivity (Wildman–Crippen MR) is 336 cm³/mol. The van der Waals surface area contributed by atoms with Crippen LogP contribution in [-0.2, 0) is 85.5 Å². The number of carboxylic acid groups (broad SMARTS) is 1. The summed E-state index contributed by atoms with van der Waals surface area (Å²) in [5.74, 6) is -6.58. The lowest BCUT2D eigenvalue weighted by molar-refractivity contribution is -0.349. The van der Waals surface area contributed by atoms with E-state index in [9.17, 15) is 121 Å². The lowest BCUT2D eigenvalue weighted by atomic mass is 9.72. The van der Waals surface area contributed by atoms with Gasteiger partial charge < -0.3 is 174 Å². The minimum atomic E-state index is -2.09. The zero-order valence-corrected chi connectivity index (χ0v) is 57.0. The van der Waals surface area contributed by atoms with Crippen molar-refractivity contribution in [2.75, 3.05) is 33.0 Å². The average molecular weight is 1520 g/mol. The summed E-state index contributed by atoms with van der Waals surface area (Å²) >= 11 is 0. The van der Waals surface area contributed by atoms with Crippen LogP contribution in [0.3, 0.4) is 0 Å². The third kappa shape index (κ3) is 20.4. The summed E-state index contributed by atoms with van der Waals surface area (Å²) in [4.78, 5) is 49.4. The summed E-state index contributed by atoms with van der Waals surface area (Å²) in [6.07, 6.45) is -47.7. The van der Waals surface area contributed by atoms with Gasteiger partial charge in [0.2, 0.25) is 0 Å². The number of fused-ring (bicyclic) bond motifs is 1. The molecule has 21 N–H and O–H groups in total. The molecule has 39 nitrogen and oxygen atoms in total. The number of carbonyl (C=O) groups excluding carboxylic acids is 3. The molecule has 105 heavy (non-hydrogen) atoms. The molecule has 39 heteroatoms. The summed E-state index contributed by atoms with van der Waals surface area (Å²) in [5.41, 5.74) is 0. The zero-order chi connectivity index (χ0) is 76.0. The molecule has 0 aromatic carbocycles. The van der Waals surface area contributed by atoms with Gasteiger partial charge in [-0.3, -0.25) is 9.59 Å². The molecule has 10 unspecified atom stereocenters. The van der Waals surface area contributed by atoms with Crippen LogP contribution in [0.25, 0.3) is 0 Å². The number of carbonyl (C=O) groups is 4. The van der Waals surface area contributed by atoms with Crippen molar-refractivity contribution < 1.29 is 193 Å². The van der Waals surface area contributed by atoms with Gasteiger partial charge in [-0.25, -0.2) is 9.59 Å². The first-order valence-electron chi connectivity index (χ1n) is 35.7. The van der Waals surface area contributed by atoms with Crippen LogP contribution < -0.4 is 0 Å². The Labute approximate surface area is 600 Å². The maximum absolute atomic E-state index is 13.3. The summed E-state index contributed by atoms with van der Waals surface area (Å²) < 4.78 is 81.7. The fourth-order valence-corrected chi connectivity index (χ4v) is 15.5. The Balaban J connectivity index is 0.730. The lowest BCUT2D eigenvalue weighted by Crippen LogP contribution is -2.64. The number of ether oxygens (including phenoxy) is 14. The quantitative estimate of drug-likeness (QED) is 0.0175. The highest BCUT2D eigenvalue weighted by atomic mass is 16.8. The van der Waals surface area contributed by atoms with Gasteiger partial charge in [-0.05, 0) is 101 Å². The second kappa shape index (κ2) is 37.4. The largest absolute Gasteiger partial charge is 0.481 e. The number of carboxylic acids is 1. The number of hydrogen-bond donors (Lipinski definition) is 21. The molecule has 4 aliphatic carbocycles. The van der Waals surface area contributed by atoms with E-state index in [4.69, 9.17) is 71.4 Å². The Morgan fingerprint density at radius 1 is 0.362 bits per heavy atom. The maximum atomic E-state index is 13.3. The van der Waals surface area contributed by atoms with Crippen molar-refractivity contribution in [3.8, 4) is 0 Å². The maximum Gasteiger partial charge on any atom is 0.330 e. The molecular formula is C66H102O39. The normalized spacial score (nSPS) is 47.9. The molecule has 10 rings (SSSR count). The predicted octanol–water partition coefficient (Wildman–Crippen LogP) is -9.41. The van der Waals surface area contributed by atoms with E-state index < -0.39 is 284 Å². The second-order valence-corrected chi connectivity index (χ2v) is 29.0. The average Bonchev–Trinajstić information content (AvgIpc) is 0.764. The molecule has 6 aliphatic heterocycles. The minimum Gasteiger partial charge on any atom is -0.481 e. The van der Waals surface area contributed by atoms with E-state index in [0.717, 1.165) is 6.08 Å². The van der Waals surface area contributed by atoms with Crippen molar-refractivity contribution in [3.05, 3.63) is 24.3 Å². The monoisotopic (exact) mass is 1520 g/mol. The zero-order valence-electron chi connectivity index (χ0n) is 57.0. The third-order valence-corrected chi connectivity index (χ3v) is 21.7. The van der Waals surface area contributed by atoms with Crippen LogP contribution >= 0.6 is 0 Å². The molecule has 35 atom stereocenters. The Morgan fingerprint density at radius 3 is 1.10 bits per heavy atom. The van der Waals surface area contributed by atoms with Crippen LogP contribution in [0.5, 0.6) is 0 Å². The smallest absolute Gasteiger partial charge is 0.330 e. The molecule has 0 radical (unpaired) electrons. The Morgan fingerprint density at radius 2 is 0.714 bits per heavy atom. The van der Waals surface area contributed by atoms with E-state index in [1.807, 2.05) is 0 Å². The van der Waals surface area contributed by atoms with E-state index in [2.05, 4.69) is 0 Å². The third-order valence-electron chi connectivity index (χ3n) is 21.7. The van der Waals surface area contributed by atoms with E-state index in [1.54, 1.807) is 12.2 Å². The highest BCUT2D eigenvalue weighted by Crippen LogP contribution is 2.46. The molecule has 0 aromatic heterocycles. The molecule has 4 saturated carbocycles. The van der Waals surface area contributed by atoms with Gasteiger partial charge in [-0.1, -0.05) is 12.2 Å². The fraction of sp³-hybridized carbons (Fsp3) is 0.879. The van der Waals surface area contributed by atoms with Gasteiger partial charge >= 0.3 is 23.9 Å². The van der Waals surface area contributed by atoms with Crippen LogP contribution in [0, 0.1) is 23.7 Å². The number of esters is 3. The van der Waals surface area contributed by atoms with Gasteiger partial charge in [0, 0.05) is 18.1 Å².